The zero-order valence-electron chi connectivity index (χ0n) is 17.3. The van der Waals surface area contributed by atoms with Gasteiger partial charge in [-0.2, -0.15) is 0 Å². The predicted molar refractivity (Wildman–Crippen MR) is 123 cm³/mol. The van der Waals surface area contributed by atoms with Crippen molar-refractivity contribution in [3.63, 3.8) is 0 Å². The van der Waals surface area contributed by atoms with E-state index in [0.717, 1.165) is 34.1 Å². The molecule has 2 aromatic heterocycles. The summed E-state index contributed by atoms with van der Waals surface area (Å²) in [5.41, 5.74) is 3.95. The van der Waals surface area contributed by atoms with Gasteiger partial charge in [0.05, 0.1) is 17.6 Å². The predicted octanol–water partition coefficient (Wildman–Crippen LogP) is 3.38. The van der Waals surface area contributed by atoms with E-state index in [1.165, 1.54) is 4.90 Å². The minimum Gasteiger partial charge on any atom is -0.465 e. The molecule has 4 aromatic rings. The van der Waals surface area contributed by atoms with Crippen molar-refractivity contribution in [1.29, 1.82) is 0 Å². The van der Waals surface area contributed by atoms with Crippen LogP contribution < -0.4 is 5.69 Å². The maximum atomic E-state index is 12.8. The second kappa shape index (κ2) is 8.29. The summed E-state index contributed by atoms with van der Waals surface area (Å²) in [6.45, 7) is 3.58. The van der Waals surface area contributed by atoms with Gasteiger partial charge < -0.3 is 15.0 Å². The molecule has 0 aliphatic carbocycles. The second-order valence-electron chi connectivity index (χ2n) is 8.03. The Kier molecular flexibility index (Phi) is 5.32. The van der Waals surface area contributed by atoms with E-state index in [4.69, 9.17) is 16.7 Å². The van der Waals surface area contributed by atoms with E-state index >= 15 is 0 Å². The molecule has 1 fully saturated rings. The van der Waals surface area contributed by atoms with Gasteiger partial charge in [0.1, 0.15) is 5.52 Å². The first-order valence-corrected chi connectivity index (χ1v) is 10.8. The molecule has 0 atom stereocenters. The van der Waals surface area contributed by atoms with Gasteiger partial charge in [-0.25, -0.2) is 14.6 Å². The first-order valence-electron chi connectivity index (χ1n) is 10.4. The molecule has 0 bridgehead atoms. The number of carboxylic acid groups (broad SMARTS) is 1. The number of benzene rings is 2. The Labute approximate surface area is 188 Å². The number of halogens is 1. The van der Waals surface area contributed by atoms with Crippen LogP contribution in [0.2, 0.25) is 5.15 Å². The monoisotopic (exact) mass is 451 g/mol. The van der Waals surface area contributed by atoms with E-state index in [2.05, 4.69) is 27.0 Å². The Bertz CT molecular complexity index is 1370. The van der Waals surface area contributed by atoms with Gasteiger partial charge in [0.25, 0.3) is 0 Å². The zero-order chi connectivity index (χ0) is 22.2. The third-order valence-electron chi connectivity index (χ3n) is 5.95. The standard InChI is InChI=1S/C23H22ClN5O3/c24-21-19-20(17-6-1-2-7-18(17)25-21)29(22(30)26-19)14-16-5-3-4-15(12-16)13-27-8-10-28(11-9-27)23(31)32/h1-7,12H,8-11,13-14H2,(H,26,30)(H,31,32). The molecule has 5 rings (SSSR count). The molecule has 1 aliphatic rings. The summed E-state index contributed by atoms with van der Waals surface area (Å²) < 4.78 is 1.70. The van der Waals surface area contributed by atoms with Gasteiger partial charge in [0.15, 0.2) is 5.15 Å². The van der Waals surface area contributed by atoms with Crippen LogP contribution in [-0.4, -0.2) is 61.7 Å². The fourth-order valence-corrected chi connectivity index (χ4v) is 4.58. The number of imidazole rings is 1. The average molecular weight is 452 g/mol. The smallest absolute Gasteiger partial charge is 0.407 e. The summed E-state index contributed by atoms with van der Waals surface area (Å²) >= 11 is 6.35. The van der Waals surface area contributed by atoms with Crippen LogP contribution in [0.25, 0.3) is 21.9 Å². The number of H-pyrrole nitrogens is 1. The number of amides is 1. The highest BCUT2D eigenvalue weighted by Gasteiger charge is 2.20. The minimum absolute atomic E-state index is 0.227. The zero-order valence-corrected chi connectivity index (χ0v) is 18.0. The summed E-state index contributed by atoms with van der Waals surface area (Å²) in [7, 11) is 0. The molecule has 164 valence electrons. The molecule has 3 heterocycles. The molecule has 1 aliphatic heterocycles. The van der Waals surface area contributed by atoms with Crippen molar-refractivity contribution in [2.45, 2.75) is 13.1 Å². The maximum Gasteiger partial charge on any atom is 0.407 e. The Balaban J connectivity index is 1.42. The van der Waals surface area contributed by atoms with E-state index in [1.54, 1.807) is 4.57 Å². The maximum absolute atomic E-state index is 12.8. The molecule has 2 N–H and O–H groups in total. The van der Waals surface area contributed by atoms with E-state index in [1.807, 2.05) is 36.4 Å². The molecule has 2 aromatic carbocycles. The van der Waals surface area contributed by atoms with Crippen molar-refractivity contribution in [2.75, 3.05) is 26.2 Å². The van der Waals surface area contributed by atoms with Gasteiger partial charge in [-0.3, -0.25) is 9.47 Å². The van der Waals surface area contributed by atoms with E-state index in [-0.39, 0.29) is 10.8 Å². The summed E-state index contributed by atoms with van der Waals surface area (Å²) in [6.07, 6.45) is -0.862. The van der Waals surface area contributed by atoms with Gasteiger partial charge in [-0.15, -0.1) is 0 Å². The van der Waals surface area contributed by atoms with Crippen molar-refractivity contribution in [3.05, 3.63) is 75.3 Å². The number of carbonyl (C=O) groups is 1. The molecule has 0 saturated carbocycles. The third-order valence-corrected chi connectivity index (χ3v) is 6.22. The highest BCUT2D eigenvalue weighted by atomic mass is 35.5. The molecule has 8 nitrogen and oxygen atoms in total. The van der Waals surface area contributed by atoms with Crippen LogP contribution in [0.1, 0.15) is 11.1 Å². The Morgan fingerprint density at radius 2 is 1.75 bits per heavy atom. The van der Waals surface area contributed by atoms with Gasteiger partial charge in [-0.05, 0) is 17.2 Å². The molecule has 1 amide bonds. The molecular weight excluding hydrogens is 430 g/mol. The largest absolute Gasteiger partial charge is 0.465 e. The molecule has 32 heavy (non-hydrogen) atoms. The summed E-state index contributed by atoms with van der Waals surface area (Å²) in [5, 5.41) is 10.3. The fourth-order valence-electron chi connectivity index (χ4n) is 4.35. The Morgan fingerprint density at radius 3 is 2.50 bits per heavy atom. The van der Waals surface area contributed by atoms with Crippen LogP contribution in [0.5, 0.6) is 0 Å². The van der Waals surface area contributed by atoms with Crippen molar-refractivity contribution in [3.8, 4) is 0 Å². The van der Waals surface area contributed by atoms with Crippen LogP contribution in [0.3, 0.4) is 0 Å². The number of hydrogen-bond acceptors (Lipinski definition) is 4. The van der Waals surface area contributed by atoms with Crippen LogP contribution in [-0.2, 0) is 13.1 Å². The Morgan fingerprint density at radius 1 is 1.03 bits per heavy atom. The lowest BCUT2D eigenvalue weighted by Gasteiger charge is -2.33. The van der Waals surface area contributed by atoms with Crippen molar-refractivity contribution < 1.29 is 9.90 Å². The van der Waals surface area contributed by atoms with Gasteiger partial charge >= 0.3 is 11.8 Å². The molecule has 0 radical (unpaired) electrons. The molecule has 0 unspecified atom stereocenters. The summed E-state index contributed by atoms with van der Waals surface area (Å²) in [5.74, 6) is 0. The van der Waals surface area contributed by atoms with Crippen molar-refractivity contribution in [1.82, 2.24) is 24.3 Å². The van der Waals surface area contributed by atoms with Crippen molar-refractivity contribution >= 4 is 39.6 Å². The van der Waals surface area contributed by atoms with Crippen LogP contribution in [0, 0.1) is 0 Å². The summed E-state index contributed by atoms with van der Waals surface area (Å²) in [6, 6.07) is 15.8. The number of pyridine rings is 1. The minimum atomic E-state index is -0.862. The van der Waals surface area contributed by atoms with Crippen LogP contribution >= 0.6 is 11.6 Å². The van der Waals surface area contributed by atoms with E-state index in [9.17, 15) is 9.59 Å². The highest BCUT2D eigenvalue weighted by Crippen LogP contribution is 2.27. The topological polar surface area (TPSA) is 94.5 Å². The van der Waals surface area contributed by atoms with E-state index in [0.29, 0.717) is 38.2 Å². The molecular formula is C23H22ClN5O3. The number of para-hydroxylation sites is 1. The van der Waals surface area contributed by atoms with Gasteiger partial charge in [0, 0.05) is 38.1 Å². The first-order chi connectivity index (χ1) is 15.5. The van der Waals surface area contributed by atoms with Gasteiger partial charge in [-0.1, -0.05) is 54.1 Å². The van der Waals surface area contributed by atoms with Crippen molar-refractivity contribution in [2.24, 2.45) is 0 Å². The van der Waals surface area contributed by atoms with Gasteiger partial charge in [0.2, 0.25) is 0 Å². The number of fused-ring (bicyclic) bond motifs is 3. The number of aromatic nitrogens is 3. The normalized spacial score (nSPS) is 15.0. The lowest BCUT2D eigenvalue weighted by molar-refractivity contribution is 0.103. The SMILES string of the molecule is O=C(O)N1CCN(Cc2cccc(Cn3c(=O)[nH]c4c(Cl)nc5ccccc5c43)c2)CC1. The molecule has 0 spiro atoms. The van der Waals surface area contributed by atoms with E-state index < -0.39 is 6.09 Å². The lowest BCUT2D eigenvalue weighted by atomic mass is 10.1. The number of piperazine rings is 1. The second-order valence-corrected chi connectivity index (χ2v) is 8.38. The fraction of sp³-hybridized carbons (Fsp3) is 0.261. The number of nitrogens with zero attached hydrogens (tertiary/aromatic N) is 4. The number of nitrogens with one attached hydrogen (secondary N) is 1. The average Bonchev–Trinajstić information content (AvgIpc) is 3.11. The first kappa shape index (κ1) is 20.5. The number of aromatic amines is 1. The third kappa shape index (κ3) is 3.83. The van der Waals surface area contributed by atoms with Crippen LogP contribution in [0.15, 0.2) is 53.3 Å². The molecule has 9 heteroatoms. The summed E-state index contributed by atoms with van der Waals surface area (Å²) in [4.78, 5) is 34.8. The Hall–Kier alpha value is -3.36. The number of rotatable bonds is 4. The molecule has 1 saturated heterocycles. The quantitative estimate of drug-likeness (QED) is 0.464. The lowest BCUT2D eigenvalue weighted by Crippen LogP contribution is -2.47. The number of hydrogen-bond donors (Lipinski definition) is 2. The highest BCUT2D eigenvalue weighted by molar-refractivity contribution is 6.35. The van der Waals surface area contributed by atoms with Crippen LogP contribution in [0.4, 0.5) is 4.79 Å².